The maximum Gasteiger partial charge on any atom is 0.341 e. The van der Waals surface area contributed by atoms with E-state index in [9.17, 15) is 9.59 Å². The first kappa shape index (κ1) is 16.5. The summed E-state index contributed by atoms with van der Waals surface area (Å²) in [5, 5.41) is 10.5. The molecular weight excluding hydrogens is 296 g/mol. The van der Waals surface area contributed by atoms with E-state index in [0.717, 1.165) is 21.9 Å². The van der Waals surface area contributed by atoms with E-state index < -0.39 is 5.97 Å². The normalized spacial score (nSPS) is 11.3. The number of carbonyl (C=O) groups excluding carboxylic acids is 1. The van der Waals surface area contributed by atoms with Crippen molar-refractivity contribution in [2.75, 3.05) is 13.2 Å². The zero-order valence-corrected chi connectivity index (χ0v) is 13.0. The van der Waals surface area contributed by atoms with Gasteiger partial charge in [-0.05, 0) is 54.0 Å². The lowest BCUT2D eigenvalue weighted by Gasteiger charge is -2.07. The Kier molecular flexibility index (Phi) is 5.36. The van der Waals surface area contributed by atoms with Crippen molar-refractivity contribution in [2.24, 2.45) is 0 Å². The summed E-state index contributed by atoms with van der Waals surface area (Å²) in [6, 6.07) is 11.1. The van der Waals surface area contributed by atoms with E-state index in [1.807, 2.05) is 31.2 Å². The molecule has 0 unspecified atom stereocenters. The van der Waals surface area contributed by atoms with E-state index in [1.165, 1.54) is 6.08 Å². The maximum atomic E-state index is 11.5. The molecule has 5 nitrogen and oxygen atoms in total. The van der Waals surface area contributed by atoms with Crippen LogP contribution in [0.3, 0.4) is 0 Å². The third-order valence-electron chi connectivity index (χ3n) is 3.25. The number of benzene rings is 2. The second-order valence-electron chi connectivity index (χ2n) is 4.99. The number of rotatable bonds is 6. The first-order chi connectivity index (χ1) is 11.0. The molecule has 23 heavy (non-hydrogen) atoms. The Morgan fingerprint density at radius 2 is 1.83 bits per heavy atom. The van der Waals surface area contributed by atoms with Gasteiger partial charge in [0.05, 0.1) is 6.61 Å². The molecule has 0 atom stereocenters. The number of carbonyl (C=O) groups is 2. The van der Waals surface area contributed by atoms with E-state index in [0.29, 0.717) is 12.4 Å². The molecule has 0 bridgehead atoms. The average molecular weight is 314 g/mol. The van der Waals surface area contributed by atoms with Gasteiger partial charge in [0.25, 0.3) is 0 Å². The summed E-state index contributed by atoms with van der Waals surface area (Å²) in [5.74, 6) is -0.867. The highest BCUT2D eigenvalue weighted by atomic mass is 16.5. The Balaban J connectivity index is 2.24. The highest BCUT2D eigenvalue weighted by Gasteiger charge is 2.04. The fourth-order valence-electron chi connectivity index (χ4n) is 2.15. The van der Waals surface area contributed by atoms with E-state index in [1.54, 1.807) is 19.1 Å². The van der Waals surface area contributed by atoms with Crippen LogP contribution in [0, 0.1) is 0 Å². The van der Waals surface area contributed by atoms with Crippen LogP contribution in [0.25, 0.3) is 16.3 Å². The van der Waals surface area contributed by atoms with Gasteiger partial charge in [0.15, 0.2) is 6.61 Å². The zero-order chi connectivity index (χ0) is 16.8. The largest absolute Gasteiger partial charge is 0.482 e. The summed E-state index contributed by atoms with van der Waals surface area (Å²) in [6.45, 7) is 3.59. The molecule has 0 amide bonds. The van der Waals surface area contributed by atoms with Gasteiger partial charge in [-0.15, -0.1) is 0 Å². The van der Waals surface area contributed by atoms with Gasteiger partial charge >= 0.3 is 11.9 Å². The first-order valence-electron chi connectivity index (χ1n) is 7.23. The predicted molar refractivity (Wildman–Crippen MR) is 87.4 cm³/mol. The lowest BCUT2D eigenvalue weighted by molar-refractivity contribution is -0.139. The Labute approximate surface area is 134 Å². The van der Waals surface area contributed by atoms with Gasteiger partial charge < -0.3 is 14.6 Å². The summed E-state index contributed by atoms with van der Waals surface area (Å²) < 4.78 is 10.1. The Morgan fingerprint density at radius 3 is 2.52 bits per heavy atom. The Morgan fingerprint density at radius 1 is 1.13 bits per heavy atom. The minimum atomic E-state index is -1.01. The fourth-order valence-corrected chi connectivity index (χ4v) is 2.15. The molecule has 0 fully saturated rings. The number of hydrogen-bond donors (Lipinski definition) is 1. The number of ether oxygens (including phenoxy) is 2. The Hall–Kier alpha value is -2.82. The Bertz CT molecular complexity index is 761. The standard InChI is InChI=1S/C18H18O5/c1-3-22-18(21)8-12(2)13-4-5-15-10-16(23-11-17(19)20)7-6-14(15)9-13/h4-10H,3,11H2,1-2H3,(H,19,20)/b12-8+. The molecule has 0 saturated carbocycles. The average Bonchev–Trinajstić information content (AvgIpc) is 2.52. The van der Waals surface area contributed by atoms with Crippen LogP contribution in [-0.4, -0.2) is 30.3 Å². The third-order valence-corrected chi connectivity index (χ3v) is 3.25. The van der Waals surface area contributed by atoms with Crippen LogP contribution in [0.2, 0.25) is 0 Å². The summed E-state index contributed by atoms with van der Waals surface area (Å²) >= 11 is 0. The third kappa shape index (κ3) is 4.57. The lowest BCUT2D eigenvalue weighted by atomic mass is 10.0. The van der Waals surface area contributed by atoms with Crippen LogP contribution < -0.4 is 4.74 Å². The van der Waals surface area contributed by atoms with E-state index in [4.69, 9.17) is 14.6 Å². The van der Waals surface area contributed by atoms with Gasteiger partial charge in [-0.25, -0.2) is 9.59 Å². The molecule has 1 N–H and O–H groups in total. The van der Waals surface area contributed by atoms with Crippen LogP contribution in [0.1, 0.15) is 19.4 Å². The number of carboxylic acid groups (broad SMARTS) is 1. The minimum absolute atomic E-state index is 0.347. The molecule has 0 aliphatic carbocycles. The number of hydrogen-bond acceptors (Lipinski definition) is 4. The fraction of sp³-hybridized carbons (Fsp3) is 0.222. The number of fused-ring (bicyclic) bond motifs is 1. The molecule has 0 spiro atoms. The zero-order valence-electron chi connectivity index (χ0n) is 13.0. The SMILES string of the molecule is CCOC(=O)/C=C(\C)c1ccc2cc(OCC(=O)O)ccc2c1. The summed E-state index contributed by atoms with van der Waals surface area (Å²) in [5.41, 5.74) is 1.74. The van der Waals surface area contributed by atoms with Crippen molar-refractivity contribution in [1.29, 1.82) is 0 Å². The molecule has 2 rings (SSSR count). The second kappa shape index (κ2) is 7.45. The molecule has 2 aromatic rings. The van der Waals surface area contributed by atoms with Crippen molar-refractivity contribution in [3.63, 3.8) is 0 Å². The van der Waals surface area contributed by atoms with E-state index in [2.05, 4.69) is 0 Å². The van der Waals surface area contributed by atoms with Gasteiger partial charge in [-0.2, -0.15) is 0 Å². The molecule has 5 heteroatoms. The summed E-state index contributed by atoms with van der Waals surface area (Å²) in [4.78, 5) is 22.0. The van der Waals surface area contributed by atoms with Crippen molar-refractivity contribution in [2.45, 2.75) is 13.8 Å². The molecular formula is C18H18O5. The second-order valence-corrected chi connectivity index (χ2v) is 4.99. The molecule has 120 valence electrons. The van der Waals surface area contributed by atoms with Crippen LogP contribution in [0.15, 0.2) is 42.5 Å². The highest BCUT2D eigenvalue weighted by Crippen LogP contribution is 2.25. The first-order valence-corrected chi connectivity index (χ1v) is 7.23. The minimum Gasteiger partial charge on any atom is -0.482 e. The molecule has 0 saturated heterocycles. The monoisotopic (exact) mass is 314 g/mol. The number of esters is 1. The number of aliphatic carboxylic acids is 1. The topological polar surface area (TPSA) is 72.8 Å². The van der Waals surface area contributed by atoms with Gasteiger partial charge in [0, 0.05) is 6.08 Å². The van der Waals surface area contributed by atoms with Gasteiger partial charge in [-0.1, -0.05) is 18.2 Å². The van der Waals surface area contributed by atoms with Crippen LogP contribution >= 0.6 is 0 Å². The van der Waals surface area contributed by atoms with Gasteiger partial charge in [-0.3, -0.25) is 0 Å². The summed E-state index contributed by atoms with van der Waals surface area (Å²) in [6.07, 6.45) is 1.47. The van der Waals surface area contributed by atoms with Crippen LogP contribution in [0.5, 0.6) is 5.75 Å². The quantitative estimate of drug-likeness (QED) is 0.654. The molecule has 2 aromatic carbocycles. The van der Waals surface area contributed by atoms with Crippen molar-refractivity contribution in [3.05, 3.63) is 48.0 Å². The maximum absolute atomic E-state index is 11.5. The van der Waals surface area contributed by atoms with E-state index >= 15 is 0 Å². The van der Waals surface area contributed by atoms with Crippen molar-refractivity contribution < 1.29 is 24.2 Å². The molecule has 0 aliphatic heterocycles. The van der Waals surface area contributed by atoms with Crippen molar-refractivity contribution in [1.82, 2.24) is 0 Å². The highest BCUT2D eigenvalue weighted by molar-refractivity contribution is 5.93. The molecule has 0 heterocycles. The van der Waals surface area contributed by atoms with Crippen LogP contribution in [-0.2, 0) is 14.3 Å². The number of allylic oxidation sites excluding steroid dienone is 1. The van der Waals surface area contributed by atoms with Gasteiger partial charge in [0.1, 0.15) is 5.75 Å². The van der Waals surface area contributed by atoms with E-state index in [-0.39, 0.29) is 12.6 Å². The molecule has 0 radical (unpaired) electrons. The predicted octanol–water partition coefficient (Wildman–Crippen LogP) is 3.27. The van der Waals surface area contributed by atoms with Crippen molar-refractivity contribution in [3.8, 4) is 5.75 Å². The number of carboxylic acids is 1. The smallest absolute Gasteiger partial charge is 0.341 e. The lowest BCUT2D eigenvalue weighted by Crippen LogP contribution is -2.09. The molecule has 0 aliphatic rings. The summed E-state index contributed by atoms with van der Waals surface area (Å²) in [7, 11) is 0. The van der Waals surface area contributed by atoms with Crippen molar-refractivity contribution >= 4 is 28.3 Å². The molecule has 0 aromatic heterocycles. The van der Waals surface area contributed by atoms with Crippen LogP contribution in [0.4, 0.5) is 0 Å². The van der Waals surface area contributed by atoms with Gasteiger partial charge in [0.2, 0.25) is 0 Å².